The molecule has 1 aromatic heterocycles. The Morgan fingerprint density at radius 1 is 1.09 bits per heavy atom. The summed E-state index contributed by atoms with van der Waals surface area (Å²) in [5.41, 5.74) is 1.40. The first-order valence-electron chi connectivity index (χ1n) is 10.9. The lowest BCUT2D eigenvalue weighted by Gasteiger charge is -2.30. The number of fused-ring (bicyclic) bond motifs is 1. The Labute approximate surface area is 197 Å². The van der Waals surface area contributed by atoms with Gasteiger partial charge in [0.2, 0.25) is 15.9 Å². The van der Waals surface area contributed by atoms with Crippen LogP contribution < -0.4 is 5.32 Å². The number of nitrogens with one attached hydrogen (secondary N) is 1. The molecular weight excluding hydrogens is 460 g/mol. The number of sulfonamides is 1. The van der Waals surface area contributed by atoms with E-state index in [4.69, 9.17) is 4.74 Å². The molecule has 2 heterocycles. The second-order valence-corrected chi connectivity index (χ2v) is 10.7. The fraction of sp³-hybridized carbons (Fsp3) is 0.333. The second kappa shape index (κ2) is 10.0. The number of hydrogen-bond donors (Lipinski definition) is 1. The number of piperidine rings is 1. The minimum absolute atomic E-state index is 0.0406. The summed E-state index contributed by atoms with van der Waals surface area (Å²) >= 11 is 1.66. The molecule has 1 saturated heterocycles. The van der Waals surface area contributed by atoms with Gasteiger partial charge in [-0.1, -0.05) is 18.2 Å². The van der Waals surface area contributed by atoms with Gasteiger partial charge in [0.1, 0.15) is 0 Å². The summed E-state index contributed by atoms with van der Waals surface area (Å²) in [7, 11) is -3.69. The predicted octanol–water partition coefficient (Wildman–Crippen LogP) is 3.80. The first-order chi connectivity index (χ1) is 15.9. The highest BCUT2D eigenvalue weighted by Gasteiger charge is 2.32. The Morgan fingerprint density at radius 3 is 2.48 bits per heavy atom. The molecule has 174 valence electrons. The minimum atomic E-state index is -3.69. The average Bonchev–Trinajstić information content (AvgIpc) is 3.26. The molecule has 0 aliphatic carbocycles. The van der Waals surface area contributed by atoms with Crippen LogP contribution in [0, 0.1) is 5.92 Å². The zero-order valence-corrected chi connectivity index (χ0v) is 20.0. The maximum absolute atomic E-state index is 13.0. The van der Waals surface area contributed by atoms with Gasteiger partial charge in [-0.3, -0.25) is 4.79 Å². The van der Waals surface area contributed by atoms with Crippen molar-refractivity contribution in [1.29, 1.82) is 0 Å². The Hall–Kier alpha value is -2.75. The summed E-state index contributed by atoms with van der Waals surface area (Å²) in [6.45, 7) is 2.99. The van der Waals surface area contributed by atoms with E-state index in [-0.39, 0.29) is 36.4 Å². The number of hydrogen-bond acceptors (Lipinski definition) is 6. The molecule has 3 aromatic rings. The van der Waals surface area contributed by atoms with Gasteiger partial charge in [-0.2, -0.15) is 4.31 Å². The highest BCUT2D eigenvalue weighted by molar-refractivity contribution is 7.89. The molecule has 1 N–H and O–H groups in total. The topological polar surface area (TPSA) is 92.8 Å². The number of nitrogens with zero attached hydrogens (tertiary/aromatic N) is 1. The normalized spacial score (nSPS) is 15.4. The van der Waals surface area contributed by atoms with Crippen LogP contribution in [0.5, 0.6) is 0 Å². The van der Waals surface area contributed by atoms with Crippen LogP contribution in [-0.2, 0) is 26.1 Å². The smallest absolute Gasteiger partial charge is 0.338 e. The van der Waals surface area contributed by atoms with Gasteiger partial charge in [0.15, 0.2) is 0 Å². The maximum Gasteiger partial charge on any atom is 0.338 e. The van der Waals surface area contributed by atoms with Crippen molar-refractivity contribution in [3.05, 3.63) is 65.0 Å². The molecule has 1 fully saturated rings. The van der Waals surface area contributed by atoms with E-state index in [9.17, 15) is 18.0 Å². The van der Waals surface area contributed by atoms with Crippen LogP contribution in [0.1, 0.15) is 35.7 Å². The number of ether oxygens (including phenoxy) is 1. The molecule has 0 unspecified atom stereocenters. The van der Waals surface area contributed by atoms with Crippen molar-refractivity contribution in [2.24, 2.45) is 5.92 Å². The van der Waals surface area contributed by atoms with Gasteiger partial charge < -0.3 is 10.1 Å². The third-order valence-electron chi connectivity index (χ3n) is 5.84. The van der Waals surface area contributed by atoms with Gasteiger partial charge in [0, 0.05) is 30.3 Å². The molecule has 1 amide bonds. The quantitative estimate of drug-likeness (QED) is 0.513. The number of thiophene rings is 1. The lowest BCUT2D eigenvalue weighted by Crippen LogP contribution is -2.42. The van der Waals surface area contributed by atoms with E-state index in [1.807, 2.05) is 12.1 Å². The summed E-state index contributed by atoms with van der Waals surface area (Å²) in [6, 6.07) is 13.9. The molecule has 4 rings (SSSR count). The van der Waals surface area contributed by atoms with Crippen molar-refractivity contribution in [2.75, 3.05) is 19.7 Å². The molecule has 0 saturated carbocycles. The van der Waals surface area contributed by atoms with Gasteiger partial charge in [0.25, 0.3) is 0 Å². The lowest BCUT2D eigenvalue weighted by atomic mass is 9.97. The summed E-state index contributed by atoms with van der Waals surface area (Å²) in [5.74, 6) is -0.739. The fourth-order valence-corrected chi connectivity index (χ4v) is 6.41. The molecule has 0 atom stereocenters. The van der Waals surface area contributed by atoms with Gasteiger partial charge in [-0.25, -0.2) is 13.2 Å². The second-order valence-electron chi connectivity index (χ2n) is 7.90. The standard InChI is InChI=1S/C24H26N2O5S2/c1-2-31-24(28)18-7-9-20(10-8-18)33(29,30)26-13-11-17(12-14-26)23(27)25-15-19-16-32-22-6-4-3-5-21(19)22/h3-10,16-17H,2,11-15H2,1H3,(H,25,27). The van der Waals surface area contributed by atoms with Crippen LogP contribution in [0.2, 0.25) is 0 Å². The first kappa shape index (κ1) is 23.4. The van der Waals surface area contributed by atoms with Crippen molar-refractivity contribution >= 4 is 43.3 Å². The van der Waals surface area contributed by atoms with E-state index in [0.717, 1.165) is 10.9 Å². The van der Waals surface area contributed by atoms with Crippen molar-refractivity contribution in [2.45, 2.75) is 31.2 Å². The molecule has 9 heteroatoms. The number of amides is 1. The van der Waals surface area contributed by atoms with E-state index in [1.54, 1.807) is 18.3 Å². The lowest BCUT2D eigenvalue weighted by molar-refractivity contribution is -0.126. The number of carbonyl (C=O) groups is 2. The molecule has 1 aliphatic rings. The van der Waals surface area contributed by atoms with E-state index in [2.05, 4.69) is 22.8 Å². The van der Waals surface area contributed by atoms with Crippen LogP contribution in [0.15, 0.2) is 58.8 Å². The molecule has 7 nitrogen and oxygen atoms in total. The highest BCUT2D eigenvalue weighted by atomic mass is 32.2. The van der Waals surface area contributed by atoms with Crippen LogP contribution in [0.3, 0.4) is 0 Å². The monoisotopic (exact) mass is 486 g/mol. The van der Waals surface area contributed by atoms with Crippen molar-refractivity contribution in [1.82, 2.24) is 9.62 Å². The Balaban J connectivity index is 1.33. The van der Waals surface area contributed by atoms with Crippen molar-refractivity contribution in [3.63, 3.8) is 0 Å². The molecular formula is C24H26N2O5S2. The van der Waals surface area contributed by atoms with Gasteiger partial charge in [-0.05, 0) is 66.4 Å². The highest BCUT2D eigenvalue weighted by Crippen LogP contribution is 2.27. The first-order valence-corrected chi connectivity index (χ1v) is 13.2. The predicted molar refractivity (Wildman–Crippen MR) is 128 cm³/mol. The average molecular weight is 487 g/mol. The molecule has 0 radical (unpaired) electrons. The van der Waals surface area contributed by atoms with E-state index >= 15 is 0 Å². The van der Waals surface area contributed by atoms with E-state index in [1.165, 1.54) is 33.3 Å². The summed E-state index contributed by atoms with van der Waals surface area (Å²) in [5, 5.41) is 6.23. The molecule has 0 spiro atoms. The van der Waals surface area contributed by atoms with Gasteiger partial charge >= 0.3 is 5.97 Å². The minimum Gasteiger partial charge on any atom is -0.462 e. The Morgan fingerprint density at radius 2 is 1.79 bits per heavy atom. The Bertz CT molecular complexity index is 1240. The maximum atomic E-state index is 13.0. The van der Waals surface area contributed by atoms with Crippen LogP contribution in [0.25, 0.3) is 10.1 Å². The van der Waals surface area contributed by atoms with Gasteiger partial charge in [0.05, 0.1) is 17.1 Å². The largest absolute Gasteiger partial charge is 0.462 e. The third kappa shape index (κ3) is 5.10. The molecule has 1 aliphatic heterocycles. The summed E-state index contributed by atoms with van der Waals surface area (Å²) in [6.07, 6.45) is 0.937. The number of benzene rings is 2. The summed E-state index contributed by atoms with van der Waals surface area (Å²) in [4.78, 5) is 24.6. The van der Waals surface area contributed by atoms with Crippen molar-refractivity contribution in [3.8, 4) is 0 Å². The van der Waals surface area contributed by atoms with Gasteiger partial charge in [-0.15, -0.1) is 11.3 Å². The zero-order chi connectivity index (χ0) is 23.4. The van der Waals surface area contributed by atoms with Crippen LogP contribution in [-0.4, -0.2) is 44.3 Å². The Kier molecular flexibility index (Phi) is 7.11. The van der Waals surface area contributed by atoms with E-state index < -0.39 is 16.0 Å². The van der Waals surface area contributed by atoms with Crippen LogP contribution in [0.4, 0.5) is 0 Å². The number of rotatable bonds is 7. The molecule has 33 heavy (non-hydrogen) atoms. The third-order valence-corrected chi connectivity index (χ3v) is 8.77. The fourth-order valence-electron chi connectivity index (χ4n) is 3.98. The molecule has 2 aromatic carbocycles. The number of esters is 1. The number of carbonyl (C=O) groups excluding carboxylic acids is 2. The zero-order valence-electron chi connectivity index (χ0n) is 18.3. The van der Waals surface area contributed by atoms with Crippen LogP contribution >= 0.6 is 11.3 Å². The summed E-state index contributed by atoms with van der Waals surface area (Å²) < 4.78 is 33.5. The van der Waals surface area contributed by atoms with E-state index in [0.29, 0.717) is 24.9 Å². The molecule has 0 bridgehead atoms. The van der Waals surface area contributed by atoms with Crippen molar-refractivity contribution < 1.29 is 22.7 Å². The SMILES string of the molecule is CCOC(=O)c1ccc(S(=O)(=O)N2CCC(C(=O)NCc3csc4ccccc34)CC2)cc1.